The summed E-state index contributed by atoms with van der Waals surface area (Å²) in [5, 5.41) is 23.7. The molecule has 4 nitrogen and oxygen atoms in total. The molecule has 27 heavy (non-hydrogen) atoms. The van der Waals surface area contributed by atoms with E-state index in [-0.39, 0.29) is 11.8 Å². The van der Waals surface area contributed by atoms with Crippen molar-refractivity contribution in [3.05, 3.63) is 69.3 Å². The average Bonchev–Trinajstić information content (AvgIpc) is 3.13. The minimum atomic E-state index is 0.0548. The summed E-state index contributed by atoms with van der Waals surface area (Å²) >= 11 is 12.6. The van der Waals surface area contributed by atoms with E-state index in [2.05, 4.69) is 4.98 Å². The van der Waals surface area contributed by atoms with Gasteiger partial charge in [0.2, 0.25) is 5.88 Å². The first-order chi connectivity index (χ1) is 13.0. The second-order valence-corrected chi connectivity index (χ2v) is 7.70. The number of hydrogen-bond donors (Lipinski definition) is 3. The molecule has 0 aliphatic heterocycles. The maximum absolute atomic E-state index is 11.0. The number of aryl methyl sites for hydroxylation is 1. The van der Waals surface area contributed by atoms with Gasteiger partial charge in [-0.1, -0.05) is 53.5 Å². The molecule has 0 spiro atoms. The lowest BCUT2D eigenvalue weighted by atomic mass is 9.91. The van der Waals surface area contributed by atoms with Gasteiger partial charge in [0, 0.05) is 32.7 Å². The molecular formula is C21H16Cl2N2O2. The molecule has 5 rings (SSSR count). The molecule has 2 heterocycles. The number of fused-ring (bicyclic) bond motifs is 5. The van der Waals surface area contributed by atoms with Gasteiger partial charge in [-0.05, 0) is 30.5 Å². The zero-order valence-corrected chi connectivity index (χ0v) is 15.8. The quantitative estimate of drug-likeness (QED) is 0.417. The zero-order chi connectivity index (χ0) is 18.7. The highest BCUT2D eigenvalue weighted by atomic mass is 35.5. The largest absolute Gasteiger partial charge is 0.494 e. The molecule has 4 aromatic rings. The Balaban J connectivity index is 1.75. The Morgan fingerprint density at radius 1 is 0.963 bits per heavy atom. The highest BCUT2D eigenvalue weighted by molar-refractivity contribution is 6.39. The summed E-state index contributed by atoms with van der Waals surface area (Å²) in [7, 11) is 0. The summed E-state index contributed by atoms with van der Waals surface area (Å²) in [6.07, 6.45) is 1.37. The molecule has 1 aliphatic rings. The van der Waals surface area contributed by atoms with Crippen molar-refractivity contribution in [1.29, 1.82) is 0 Å². The molecule has 136 valence electrons. The van der Waals surface area contributed by atoms with Gasteiger partial charge in [-0.3, -0.25) is 4.57 Å². The fraction of sp³-hybridized carbons (Fsp3) is 0.143. The fourth-order valence-electron chi connectivity index (χ4n) is 4.08. The Labute approximate surface area is 165 Å². The fourth-order valence-corrected chi connectivity index (χ4v) is 4.66. The van der Waals surface area contributed by atoms with Gasteiger partial charge in [0.05, 0.1) is 17.1 Å². The van der Waals surface area contributed by atoms with Crippen LogP contribution < -0.4 is 0 Å². The van der Waals surface area contributed by atoms with Crippen LogP contribution in [0, 0.1) is 0 Å². The van der Waals surface area contributed by atoms with E-state index in [4.69, 9.17) is 23.2 Å². The number of benzene rings is 2. The van der Waals surface area contributed by atoms with Crippen molar-refractivity contribution in [3.8, 4) is 22.9 Å². The van der Waals surface area contributed by atoms with Crippen molar-refractivity contribution in [2.24, 2.45) is 0 Å². The number of nitrogens with one attached hydrogen (secondary N) is 1. The van der Waals surface area contributed by atoms with Gasteiger partial charge in [0.1, 0.15) is 0 Å². The number of rotatable bonds is 2. The number of aromatic hydroxyl groups is 2. The Morgan fingerprint density at radius 2 is 1.74 bits per heavy atom. The van der Waals surface area contributed by atoms with Crippen LogP contribution >= 0.6 is 23.2 Å². The van der Waals surface area contributed by atoms with E-state index in [1.807, 2.05) is 36.4 Å². The van der Waals surface area contributed by atoms with Crippen LogP contribution in [0.4, 0.5) is 0 Å². The first-order valence-corrected chi connectivity index (χ1v) is 9.47. The van der Waals surface area contributed by atoms with E-state index < -0.39 is 0 Å². The molecule has 3 N–H and O–H groups in total. The van der Waals surface area contributed by atoms with E-state index in [1.165, 1.54) is 0 Å². The van der Waals surface area contributed by atoms with Crippen LogP contribution in [0.5, 0.6) is 11.8 Å². The predicted octanol–water partition coefficient (Wildman–Crippen LogP) is 5.50. The second kappa shape index (κ2) is 5.98. The van der Waals surface area contributed by atoms with Crippen LogP contribution in [0.2, 0.25) is 10.0 Å². The molecule has 0 radical (unpaired) electrons. The molecule has 0 atom stereocenters. The third kappa shape index (κ3) is 2.44. The van der Waals surface area contributed by atoms with E-state index in [0.29, 0.717) is 28.6 Å². The maximum atomic E-state index is 11.0. The van der Waals surface area contributed by atoms with Crippen LogP contribution in [0.3, 0.4) is 0 Å². The molecule has 2 aromatic heterocycles. The van der Waals surface area contributed by atoms with Crippen molar-refractivity contribution in [2.75, 3.05) is 0 Å². The first-order valence-electron chi connectivity index (χ1n) is 8.71. The summed E-state index contributed by atoms with van der Waals surface area (Å²) in [4.78, 5) is 3.37. The predicted molar refractivity (Wildman–Crippen MR) is 108 cm³/mol. The maximum Gasteiger partial charge on any atom is 0.202 e. The molecule has 0 saturated heterocycles. The zero-order valence-electron chi connectivity index (χ0n) is 14.3. The smallest absolute Gasteiger partial charge is 0.202 e. The van der Waals surface area contributed by atoms with Gasteiger partial charge < -0.3 is 15.2 Å². The molecule has 1 aliphatic carbocycles. The van der Waals surface area contributed by atoms with Crippen molar-refractivity contribution >= 4 is 34.1 Å². The lowest BCUT2D eigenvalue weighted by molar-refractivity contribution is 0.376. The number of hydrogen-bond acceptors (Lipinski definition) is 2. The molecular weight excluding hydrogens is 383 g/mol. The number of nitrogens with zero attached hydrogens (tertiary/aromatic N) is 1. The van der Waals surface area contributed by atoms with Gasteiger partial charge in [-0.15, -0.1) is 0 Å². The molecule has 0 fully saturated rings. The Morgan fingerprint density at radius 3 is 2.52 bits per heavy atom. The average molecular weight is 399 g/mol. The standard InChI is InChI=1S/C21H16Cl2N2O2/c22-12-8-14(23)18-16(9-12)24-15-7-6-13-17(19(15)18)21(27)25(20(13)26)10-11-4-2-1-3-5-11/h1-5,8-9,24,26-27H,6-7,10H2. The van der Waals surface area contributed by atoms with Crippen LogP contribution in [0.25, 0.3) is 22.0 Å². The monoisotopic (exact) mass is 398 g/mol. The summed E-state index contributed by atoms with van der Waals surface area (Å²) in [6, 6.07) is 13.3. The Bertz CT molecular complexity index is 1190. The lowest BCUT2D eigenvalue weighted by Crippen LogP contribution is -2.01. The normalized spacial score (nSPS) is 13.0. The van der Waals surface area contributed by atoms with Crippen LogP contribution in [0.1, 0.15) is 16.8 Å². The molecule has 2 aromatic carbocycles. The van der Waals surface area contributed by atoms with Crippen molar-refractivity contribution < 1.29 is 10.2 Å². The molecule has 6 heteroatoms. The Kier molecular flexibility index (Phi) is 3.67. The first kappa shape index (κ1) is 16.6. The van der Waals surface area contributed by atoms with E-state index in [1.54, 1.807) is 10.6 Å². The van der Waals surface area contributed by atoms with Gasteiger partial charge >= 0.3 is 0 Å². The van der Waals surface area contributed by atoms with Crippen LogP contribution in [-0.4, -0.2) is 19.8 Å². The number of halogens is 2. The van der Waals surface area contributed by atoms with Crippen LogP contribution in [0.15, 0.2) is 42.5 Å². The van der Waals surface area contributed by atoms with Gasteiger partial charge in [0.15, 0.2) is 5.88 Å². The third-order valence-corrected chi connectivity index (χ3v) is 5.77. The third-order valence-electron chi connectivity index (χ3n) is 5.26. The van der Waals surface area contributed by atoms with E-state index in [9.17, 15) is 10.2 Å². The summed E-state index contributed by atoms with van der Waals surface area (Å²) in [6.45, 7) is 0.392. The minimum Gasteiger partial charge on any atom is -0.494 e. The highest BCUT2D eigenvalue weighted by Crippen LogP contribution is 2.50. The molecule has 0 amide bonds. The minimum absolute atomic E-state index is 0.0548. The van der Waals surface area contributed by atoms with Crippen molar-refractivity contribution in [3.63, 3.8) is 0 Å². The molecule has 0 bridgehead atoms. The van der Waals surface area contributed by atoms with Gasteiger partial charge in [-0.25, -0.2) is 0 Å². The van der Waals surface area contributed by atoms with Crippen molar-refractivity contribution in [2.45, 2.75) is 19.4 Å². The van der Waals surface area contributed by atoms with Crippen LogP contribution in [-0.2, 0) is 19.4 Å². The van der Waals surface area contributed by atoms with E-state index >= 15 is 0 Å². The number of aromatic amines is 1. The summed E-state index contributed by atoms with van der Waals surface area (Å²) in [5.74, 6) is 0.163. The van der Waals surface area contributed by atoms with E-state index in [0.717, 1.165) is 39.7 Å². The van der Waals surface area contributed by atoms with Crippen molar-refractivity contribution in [1.82, 2.24) is 9.55 Å². The molecule has 0 saturated carbocycles. The summed E-state index contributed by atoms with van der Waals surface area (Å²) in [5.41, 5.74) is 5.09. The van der Waals surface area contributed by atoms with Gasteiger partial charge in [-0.2, -0.15) is 0 Å². The molecule has 0 unspecified atom stereocenters. The highest BCUT2D eigenvalue weighted by Gasteiger charge is 2.31. The van der Waals surface area contributed by atoms with Gasteiger partial charge in [0.25, 0.3) is 0 Å². The summed E-state index contributed by atoms with van der Waals surface area (Å²) < 4.78 is 1.55. The number of aromatic nitrogens is 2. The SMILES string of the molecule is Oc1c2c(c(O)n1Cc1ccccc1)-c1c([nH]c3cc(Cl)cc(Cl)c13)CC2. The Hall–Kier alpha value is -2.56. The number of H-pyrrole nitrogens is 1. The topological polar surface area (TPSA) is 61.2 Å². The second-order valence-electron chi connectivity index (χ2n) is 6.86. The lowest BCUT2D eigenvalue weighted by Gasteiger charge is -2.13.